The summed E-state index contributed by atoms with van der Waals surface area (Å²) < 4.78 is 24.8. The number of nitrogens with zero attached hydrogens (tertiary/aromatic N) is 1. The largest absolute Gasteiger partial charge is 0.496 e. The summed E-state index contributed by atoms with van der Waals surface area (Å²) in [7, 11) is 6.33. The Morgan fingerprint density at radius 2 is 1.76 bits per heavy atom. The molecule has 0 saturated carbocycles. The molecule has 260 valence electrons. The molecular weight excluding hydrogens is 644 g/mol. The van der Waals surface area contributed by atoms with Crippen LogP contribution in [0.3, 0.4) is 0 Å². The average molecular weight is 689 g/mol. The van der Waals surface area contributed by atoms with E-state index >= 15 is 0 Å². The number of fused-ring (bicyclic) bond motifs is 4. The van der Waals surface area contributed by atoms with E-state index in [0.29, 0.717) is 60.9 Å². The third-order valence-corrected chi connectivity index (χ3v) is 9.46. The first kappa shape index (κ1) is 35.5. The van der Waals surface area contributed by atoms with Gasteiger partial charge in [0.1, 0.15) is 11.8 Å². The van der Waals surface area contributed by atoms with Crippen LogP contribution in [0.15, 0.2) is 59.5 Å². The van der Waals surface area contributed by atoms with Gasteiger partial charge in [-0.1, -0.05) is 12.1 Å². The van der Waals surface area contributed by atoms with Gasteiger partial charge in [-0.3, -0.25) is 14.4 Å². The summed E-state index contributed by atoms with van der Waals surface area (Å²) in [5.41, 5.74) is 4.06. The molecule has 0 aliphatic heterocycles. The summed E-state index contributed by atoms with van der Waals surface area (Å²) in [4.78, 5) is 39.8. The molecule has 0 fully saturated rings. The van der Waals surface area contributed by atoms with Crippen molar-refractivity contribution in [3.8, 4) is 34.1 Å². The summed E-state index contributed by atoms with van der Waals surface area (Å²) in [6, 6.07) is 13.8. The Morgan fingerprint density at radius 3 is 2.45 bits per heavy atom. The van der Waals surface area contributed by atoms with E-state index < -0.39 is 12.1 Å². The van der Waals surface area contributed by atoms with Crippen molar-refractivity contribution in [2.45, 2.75) is 44.8 Å². The number of anilines is 1. The second kappa shape index (κ2) is 16.0. The molecule has 2 amide bonds. The van der Waals surface area contributed by atoms with Crippen LogP contribution in [0.25, 0.3) is 22.0 Å². The molecule has 0 unspecified atom stereocenters. The molecule has 1 heterocycles. The van der Waals surface area contributed by atoms with E-state index in [4.69, 9.17) is 18.9 Å². The number of carbonyl (C=O) groups is 2. The number of amides is 2. The third kappa shape index (κ3) is 7.59. The number of benzene rings is 2. The van der Waals surface area contributed by atoms with E-state index in [-0.39, 0.29) is 22.9 Å². The molecular formula is C37H44N4O7S. The van der Waals surface area contributed by atoms with E-state index in [2.05, 4.69) is 20.5 Å². The lowest BCUT2D eigenvalue weighted by Gasteiger charge is -2.19. The molecule has 2 atom stereocenters. The third-order valence-electron chi connectivity index (χ3n) is 8.82. The van der Waals surface area contributed by atoms with Gasteiger partial charge in [0.15, 0.2) is 11.5 Å². The second-order valence-electron chi connectivity index (χ2n) is 11.8. The number of methoxy groups -OCH3 is 4. The molecule has 3 N–H and O–H groups in total. The highest BCUT2D eigenvalue weighted by Gasteiger charge is 2.30. The molecule has 1 aliphatic rings. The topological polar surface area (TPSA) is 129 Å². The summed E-state index contributed by atoms with van der Waals surface area (Å²) in [6.07, 6.45) is 5.62. The first-order valence-corrected chi connectivity index (χ1v) is 17.6. The SMILES string of the molecule is COc1cc2c(c(OC)c1OC)-c1ccc(N[C@@H](CCSC)C(=O)NCCn3ccc4c(OC)cccc43)c(=O)cc1[C@@H](NC(C)=O)CC2. The first-order valence-electron chi connectivity index (χ1n) is 16.2. The van der Waals surface area contributed by atoms with Crippen LogP contribution >= 0.6 is 11.8 Å². The minimum atomic E-state index is -0.652. The number of ether oxygens (including phenoxy) is 4. The number of aryl methyl sites for hydroxylation is 1. The van der Waals surface area contributed by atoms with Crippen molar-refractivity contribution >= 4 is 40.2 Å². The molecule has 12 heteroatoms. The second-order valence-corrected chi connectivity index (χ2v) is 12.8. The molecule has 49 heavy (non-hydrogen) atoms. The van der Waals surface area contributed by atoms with Gasteiger partial charge < -0.3 is 39.5 Å². The molecule has 4 aromatic rings. The van der Waals surface area contributed by atoms with Gasteiger partial charge in [-0.15, -0.1) is 0 Å². The fourth-order valence-corrected chi connectivity index (χ4v) is 6.98. The van der Waals surface area contributed by atoms with E-state index in [1.807, 2.05) is 48.9 Å². The lowest BCUT2D eigenvalue weighted by atomic mass is 9.95. The summed E-state index contributed by atoms with van der Waals surface area (Å²) in [5, 5.41) is 10.3. The zero-order valence-electron chi connectivity index (χ0n) is 28.8. The maximum Gasteiger partial charge on any atom is 0.242 e. The van der Waals surface area contributed by atoms with Gasteiger partial charge in [0.2, 0.25) is 23.0 Å². The van der Waals surface area contributed by atoms with Crippen LogP contribution in [0.4, 0.5) is 5.69 Å². The molecule has 0 bridgehead atoms. The number of thioether (sulfide) groups is 1. The van der Waals surface area contributed by atoms with Crippen LogP contribution < -0.4 is 40.3 Å². The normalized spacial score (nSPS) is 14.1. The fourth-order valence-electron chi connectivity index (χ4n) is 6.51. The van der Waals surface area contributed by atoms with Crippen molar-refractivity contribution < 1.29 is 28.5 Å². The van der Waals surface area contributed by atoms with Crippen molar-refractivity contribution in [1.82, 2.24) is 15.2 Å². The van der Waals surface area contributed by atoms with E-state index in [0.717, 1.165) is 33.3 Å². The molecule has 0 saturated heterocycles. The summed E-state index contributed by atoms with van der Waals surface area (Å²) in [5.74, 6) is 2.54. The van der Waals surface area contributed by atoms with Gasteiger partial charge in [0.25, 0.3) is 0 Å². The van der Waals surface area contributed by atoms with Crippen LogP contribution in [0.2, 0.25) is 0 Å². The summed E-state index contributed by atoms with van der Waals surface area (Å²) >= 11 is 1.63. The van der Waals surface area contributed by atoms with Crippen molar-refractivity contribution in [2.75, 3.05) is 52.3 Å². The lowest BCUT2D eigenvalue weighted by molar-refractivity contribution is -0.122. The Bertz CT molecular complexity index is 1890. The number of aromatic nitrogens is 1. The smallest absolute Gasteiger partial charge is 0.242 e. The standard InChI is InChI=1S/C37H44N4O7S/c1-22(42)39-27-12-10-23-20-33(46-3)35(47-4)36(48-5)34(23)24-11-13-28(31(43)21-26(24)27)40-29(15-19-49-6)37(44)38-16-18-41-17-14-25-30(41)8-7-9-32(25)45-2/h7-9,11,13-14,17,20-21,27,29H,10,12,15-16,18-19H2,1-6H3,(H,38,44)(H,39,42)(H,40,43)/t27-,29-/m0/s1. The van der Waals surface area contributed by atoms with Crippen LogP contribution in [-0.2, 0) is 22.6 Å². The zero-order chi connectivity index (χ0) is 35.1. The van der Waals surface area contributed by atoms with Gasteiger partial charge in [-0.25, -0.2) is 0 Å². The van der Waals surface area contributed by atoms with Crippen molar-refractivity contribution in [2.24, 2.45) is 0 Å². The van der Waals surface area contributed by atoms with E-state index in [9.17, 15) is 14.4 Å². The van der Waals surface area contributed by atoms with E-state index in [1.54, 1.807) is 52.3 Å². The Morgan fingerprint density at radius 1 is 0.980 bits per heavy atom. The van der Waals surface area contributed by atoms with Crippen molar-refractivity contribution in [1.29, 1.82) is 0 Å². The highest BCUT2D eigenvalue weighted by Crippen LogP contribution is 2.50. The Kier molecular flexibility index (Phi) is 11.6. The predicted octanol–water partition coefficient (Wildman–Crippen LogP) is 5.18. The maximum atomic E-state index is 13.9. The monoisotopic (exact) mass is 688 g/mol. The Hall–Kier alpha value is -4.84. The molecule has 5 rings (SSSR count). The number of carbonyl (C=O) groups excluding carboxylic acids is 2. The van der Waals surface area contributed by atoms with Gasteiger partial charge in [-0.05, 0) is 84.4 Å². The van der Waals surface area contributed by atoms with Crippen molar-refractivity contribution in [3.63, 3.8) is 0 Å². The molecule has 11 nitrogen and oxygen atoms in total. The number of hydrogen-bond acceptors (Lipinski definition) is 9. The van der Waals surface area contributed by atoms with E-state index in [1.165, 1.54) is 6.92 Å². The van der Waals surface area contributed by atoms with Crippen LogP contribution in [-0.4, -0.2) is 69.4 Å². The van der Waals surface area contributed by atoms with Gasteiger partial charge in [0.05, 0.1) is 45.7 Å². The predicted molar refractivity (Wildman–Crippen MR) is 195 cm³/mol. The lowest BCUT2D eigenvalue weighted by Crippen LogP contribution is -2.42. The average Bonchev–Trinajstić information content (AvgIpc) is 3.38. The fraction of sp³-hybridized carbons (Fsp3) is 0.378. The molecule has 3 aromatic carbocycles. The Balaban J connectivity index is 1.47. The maximum absolute atomic E-state index is 13.9. The van der Waals surface area contributed by atoms with Gasteiger partial charge in [-0.2, -0.15) is 11.8 Å². The Labute approximate surface area is 290 Å². The van der Waals surface area contributed by atoms with Crippen LogP contribution in [0.5, 0.6) is 23.0 Å². The molecule has 0 radical (unpaired) electrons. The highest BCUT2D eigenvalue weighted by molar-refractivity contribution is 7.98. The number of hydrogen-bond donors (Lipinski definition) is 3. The van der Waals surface area contributed by atoms with Crippen LogP contribution in [0, 0.1) is 0 Å². The molecule has 1 aromatic heterocycles. The number of nitrogens with one attached hydrogen (secondary N) is 3. The molecule has 0 spiro atoms. The van der Waals surface area contributed by atoms with Crippen molar-refractivity contribution in [3.05, 3.63) is 76.1 Å². The minimum absolute atomic E-state index is 0.199. The molecule has 1 aliphatic carbocycles. The van der Waals surface area contributed by atoms with Gasteiger partial charge in [0, 0.05) is 37.2 Å². The quantitative estimate of drug-likeness (QED) is 0.164. The zero-order valence-corrected chi connectivity index (χ0v) is 29.6. The number of rotatable bonds is 14. The van der Waals surface area contributed by atoms with Gasteiger partial charge >= 0.3 is 0 Å². The minimum Gasteiger partial charge on any atom is -0.496 e. The van der Waals surface area contributed by atoms with Crippen LogP contribution in [0.1, 0.15) is 36.9 Å². The summed E-state index contributed by atoms with van der Waals surface area (Å²) in [6.45, 7) is 2.43. The highest BCUT2D eigenvalue weighted by atomic mass is 32.2. The first-order chi connectivity index (χ1) is 23.7.